The predicted octanol–water partition coefficient (Wildman–Crippen LogP) is 1.77. The molecule has 2 N–H and O–H groups in total. The van der Waals surface area contributed by atoms with Crippen LogP contribution in [0.4, 0.5) is 0 Å². The van der Waals surface area contributed by atoms with Crippen molar-refractivity contribution in [3.63, 3.8) is 0 Å². The smallest absolute Gasteiger partial charge is 0.191 e. The molecule has 1 aliphatic heterocycles. The molecule has 1 aromatic rings. The maximum atomic E-state index is 11.6. The second-order valence-electron chi connectivity index (χ2n) is 6.72. The summed E-state index contributed by atoms with van der Waals surface area (Å²) in [5.74, 6) is 1.14. The third-order valence-corrected chi connectivity index (χ3v) is 6.43. The molecule has 1 fully saturated rings. The first-order valence-electron chi connectivity index (χ1n) is 9.51. The van der Waals surface area contributed by atoms with E-state index in [1.54, 1.807) is 0 Å². The van der Waals surface area contributed by atoms with Crippen LogP contribution in [-0.4, -0.2) is 56.5 Å². The van der Waals surface area contributed by atoms with Crippen LogP contribution in [0.25, 0.3) is 0 Å². The van der Waals surface area contributed by atoms with Crippen molar-refractivity contribution in [2.24, 2.45) is 4.99 Å². The molecule has 2 rings (SSSR count). The zero-order valence-corrected chi connectivity index (χ0v) is 17.0. The summed E-state index contributed by atoms with van der Waals surface area (Å²) in [5.41, 5.74) is 2.45. The summed E-state index contributed by atoms with van der Waals surface area (Å²) in [6.07, 6.45) is 0.646. The Balaban J connectivity index is 1.94. The third kappa shape index (κ3) is 6.61. The third-order valence-electron chi connectivity index (χ3n) is 4.66. The molecule has 0 aromatic heterocycles. The lowest BCUT2D eigenvalue weighted by atomic mass is 10.1. The molecule has 6 nitrogen and oxygen atoms in total. The summed E-state index contributed by atoms with van der Waals surface area (Å²) in [6.45, 7) is 10.7. The first-order valence-corrected chi connectivity index (χ1v) is 11.3. The molecular weight excluding hydrogens is 348 g/mol. The Hall–Kier alpha value is -1.60. The summed E-state index contributed by atoms with van der Waals surface area (Å²) in [4.78, 5) is 6.99. The number of sulfone groups is 1. The topological polar surface area (TPSA) is 73.8 Å². The fourth-order valence-corrected chi connectivity index (χ4v) is 4.72. The van der Waals surface area contributed by atoms with E-state index in [-0.39, 0.29) is 17.5 Å². The van der Waals surface area contributed by atoms with Crippen molar-refractivity contribution < 1.29 is 8.42 Å². The van der Waals surface area contributed by atoms with E-state index < -0.39 is 9.84 Å². The quantitative estimate of drug-likeness (QED) is 0.531. The van der Waals surface area contributed by atoms with E-state index in [0.29, 0.717) is 18.9 Å². The number of rotatable bonds is 8. The van der Waals surface area contributed by atoms with Gasteiger partial charge in [-0.05, 0) is 37.6 Å². The van der Waals surface area contributed by atoms with Gasteiger partial charge in [-0.3, -0.25) is 4.90 Å². The SMILES string of the molecule is CCNC(=NCc1ccc(CN(CC)CC)cc1)NC1CCS(=O)(=O)C1. The summed E-state index contributed by atoms with van der Waals surface area (Å²) in [7, 11) is -2.89. The molecule has 1 heterocycles. The second-order valence-corrected chi connectivity index (χ2v) is 8.95. The lowest BCUT2D eigenvalue weighted by Crippen LogP contribution is -2.44. The highest BCUT2D eigenvalue weighted by molar-refractivity contribution is 7.91. The molecule has 0 aliphatic carbocycles. The number of nitrogens with zero attached hydrogens (tertiary/aromatic N) is 2. The van der Waals surface area contributed by atoms with Crippen LogP contribution in [0.5, 0.6) is 0 Å². The Morgan fingerprint density at radius 1 is 1.15 bits per heavy atom. The van der Waals surface area contributed by atoms with E-state index in [2.05, 4.69) is 58.6 Å². The predicted molar refractivity (Wildman–Crippen MR) is 108 cm³/mol. The summed E-state index contributed by atoms with van der Waals surface area (Å²) in [6, 6.07) is 8.51. The zero-order chi connectivity index (χ0) is 19.0. The van der Waals surface area contributed by atoms with Gasteiger partial charge in [0.1, 0.15) is 0 Å². The molecule has 0 saturated carbocycles. The fraction of sp³-hybridized carbons (Fsp3) is 0.632. The average molecular weight is 381 g/mol. The first kappa shape index (κ1) is 20.7. The summed E-state index contributed by atoms with van der Waals surface area (Å²) in [5, 5.41) is 6.45. The van der Waals surface area contributed by atoms with Gasteiger partial charge in [-0.2, -0.15) is 0 Å². The van der Waals surface area contributed by atoms with Crippen LogP contribution < -0.4 is 10.6 Å². The van der Waals surface area contributed by atoms with Gasteiger partial charge >= 0.3 is 0 Å². The first-order chi connectivity index (χ1) is 12.5. The van der Waals surface area contributed by atoms with Gasteiger partial charge in [0.15, 0.2) is 15.8 Å². The van der Waals surface area contributed by atoms with Crippen molar-refractivity contribution in [2.45, 2.75) is 46.3 Å². The highest BCUT2D eigenvalue weighted by Crippen LogP contribution is 2.12. The second kappa shape index (κ2) is 9.92. The van der Waals surface area contributed by atoms with Crippen LogP contribution in [-0.2, 0) is 22.9 Å². The Morgan fingerprint density at radius 3 is 2.35 bits per heavy atom. The number of hydrogen-bond acceptors (Lipinski definition) is 4. The summed E-state index contributed by atoms with van der Waals surface area (Å²) >= 11 is 0. The molecule has 146 valence electrons. The number of benzene rings is 1. The molecule has 0 amide bonds. The van der Waals surface area contributed by atoms with E-state index in [1.807, 2.05) is 6.92 Å². The molecule has 0 spiro atoms. The number of hydrogen-bond donors (Lipinski definition) is 2. The molecule has 7 heteroatoms. The number of aliphatic imine (C=N–C) groups is 1. The Morgan fingerprint density at radius 2 is 1.81 bits per heavy atom. The molecule has 1 aliphatic rings. The minimum absolute atomic E-state index is 0.0470. The van der Waals surface area contributed by atoms with Crippen LogP contribution in [0.2, 0.25) is 0 Å². The normalized spacial score (nSPS) is 19.7. The van der Waals surface area contributed by atoms with Gasteiger partial charge < -0.3 is 10.6 Å². The van der Waals surface area contributed by atoms with Crippen molar-refractivity contribution >= 4 is 15.8 Å². The van der Waals surface area contributed by atoms with Crippen LogP contribution >= 0.6 is 0 Å². The molecule has 1 saturated heterocycles. The van der Waals surface area contributed by atoms with Gasteiger partial charge in [0.2, 0.25) is 0 Å². The molecular formula is C19H32N4O2S. The van der Waals surface area contributed by atoms with Crippen molar-refractivity contribution in [1.82, 2.24) is 15.5 Å². The van der Waals surface area contributed by atoms with Crippen molar-refractivity contribution in [3.05, 3.63) is 35.4 Å². The van der Waals surface area contributed by atoms with E-state index in [0.717, 1.165) is 31.7 Å². The summed E-state index contributed by atoms with van der Waals surface area (Å²) < 4.78 is 23.2. The largest absolute Gasteiger partial charge is 0.357 e. The molecule has 1 atom stereocenters. The maximum absolute atomic E-state index is 11.6. The fourth-order valence-electron chi connectivity index (χ4n) is 3.05. The minimum Gasteiger partial charge on any atom is -0.357 e. The van der Waals surface area contributed by atoms with Gasteiger partial charge in [0.25, 0.3) is 0 Å². The van der Waals surface area contributed by atoms with Gasteiger partial charge in [-0.1, -0.05) is 38.1 Å². The monoisotopic (exact) mass is 380 g/mol. The van der Waals surface area contributed by atoms with E-state index >= 15 is 0 Å². The van der Waals surface area contributed by atoms with Crippen molar-refractivity contribution in [1.29, 1.82) is 0 Å². The highest BCUT2D eigenvalue weighted by atomic mass is 32.2. The Bertz CT molecular complexity index is 682. The molecule has 26 heavy (non-hydrogen) atoms. The molecule has 0 bridgehead atoms. The Kier molecular flexibility index (Phi) is 7.90. The van der Waals surface area contributed by atoms with Crippen LogP contribution in [0.3, 0.4) is 0 Å². The highest BCUT2D eigenvalue weighted by Gasteiger charge is 2.28. The van der Waals surface area contributed by atoms with E-state index in [1.165, 1.54) is 5.56 Å². The standard InChI is InChI=1S/C19H32N4O2S/c1-4-20-19(22-18-11-12-26(24,25)15-18)21-13-16-7-9-17(10-8-16)14-23(5-2)6-3/h7-10,18H,4-6,11-15H2,1-3H3,(H2,20,21,22). The number of nitrogens with one attached hydrogen (secondary N) is 2. The van der Waals surface area contributed by atoms with Gasteiger partial charge in [-0.25, -0.2) is 13.4 Å². The van der Waals surface area contributed by atoms with E-state index in [9.17, 15) is 8.42 Å². The van der Waals surface area contributed by atoms with Crippen LogP contribution in [0.1, 0.15) is 38.3 Å². The van der Waals surface area contributed by atoms with Gasteiger partial charge in [-0.15, -0.1) is 0 Å². The molecule has 0 radical (unpaired) electrons. The van der Waals surface area contributed by atoms with Gasteiger partial charge in [0.05, 0.1) is 18.1 Å². The van der Waals surface area contributed by atoms with Crippen molar-refractivity contribution in [3.8, 4) is 0 Å². The minimum atomic E-state index is -2.89. The lowest BCUT2D eigenvalue weighted by Gasteiger charge is -2.18. The molecule has 1 unspecified atom stereocenters. The Labute approximate surface area is 158 Å². The number of guanidine groups is 1. The maximum Gasteiger partial charge on any atom is 0.191 e. The van der Waals surface area contributed by atoms with E-state index in [4.69, 9.17) is 0 Å². The van der Waals surface area contributed by atoms with Crippen LogP contribution in [0.15, 0.2) is 29.3 Å². The van der Waals surface area contributed by atoms with Crippen molar-refractivity contribution in [2.75, 3.05) is 31.1 Å². The molecule has 1 aromatic carbocycles. The zero-order valence-electron chi connectivity index (χ0n) is 16.2. The average Bonchev–Trinajstić information content (AvgIpc) is 2.97. The van der Waals surface area contributed by atoms with Gasteiger partial charge in [0, 0.05) is 19.1 Å². The van der Waals surface area contributed by atoms with Crippen LogP contribution in [0, 0.1) is 0 Å². The lowest BCUT2D eigenvalue weighted by molar-refractivity contribution is 0.296.